The van der Waals surface area contributed by atoms with Crippen LogP contribution in [0.4, 0.5) is 5.00 Å². The molecule has 2 aromatic rings. The molecule has 0 saturated heterocycles. The van der Waals surface area contributed by atoms with Gasteiger partial charge in [-0.1, -0.05) is 23.5 Å². The number of nitrogens with zero attached hydrogens (tertiary/aromatic N) is 1. The Balaban J connectivity index is 2.68. The van der Waals surface area contributed by atoms with Crippen molar-refractivity contribution in [2.45, 2.75) is 6.92 Å². The maximum Gasteiger partial charge on any atom is 0.325 e. The second kappa shape index (κ2) is 2.81. The molecule has 0 aliphatic carbocycles. The minimum absolute atomic E-state index is 0.209. The van der Waals surface area contributed by atoms with Gasteiger partial charge in [-0.15, -0.1) is 0 Å². The molecule has 13 heavy (non-hydrogen) atoms. The molecule has 0 spiro atoms. The highest BCUT2D eigenvalue weighted by atomic mass is 32.1. The van der Waals surface area contributed by atoms with E-state index in [-0.39, 0.29) is 9.92 Å². The summed E-state index contributed by atoms with van der Waals surface area (Å²) in [7, 11) is 0. The molecule has 4 heteroatoms. The molecular weight excluding hydrogens is 186 g/mol. The third kappa shape index (κ3) is 1.40. The first-order chi connectivity index (χ1) is 6.16. The van der Waals surface area contributed by atoms with E-state index in [1.54, 1.807) is 6.07 Å². The second-order valence-corrected chi connectivity index (χ2v) is 3.95. The number of thiophene rings is 1. The van der Waals surface area contributed by atoms with Crippen molar-refractivity contribution in [2.75, 3.05) is 0 Å². The van der Waals surface area contributed by atoms with Crippen LogP contribution in [0.5, 0.6) is 0 Å². The predicted molar refractivity (Wildman–Crippen MR) is 53.2 cm³/mol. The Morgan fingerprint density at radius 1 is 1.38 bits per heavy atom. The Kier molecular flexibility index (Phi) is 1.77. The highest BCUT2D eigenvalue weighted by Crippen LogP contribution is 2.31. The van der Waals surface area contributed by atoms with E-state index < -0.39 is 0 Å². The van der Waals surface area contributed by atoms with Gasteiger partial charge in [-0.05, 0) is 23.9 Å². The van der Waals surface area contributed by atoms with Gasteiger partial charge in [0.05, 0.1) is 4.92 Å². The van der Waals surface area contributed by atoms with Gasteiger partial charge < -0.3 is 0 Å². The average molecular weight is 193 g/mol. The molecule has 66 valence electrons. The fourth-order valence-electron chi connectivity index (χ4n) is 1.21. The van der Waals surface area contributed by atoms with Crippen molar-refractivity contribution in [3.63, 3.8) is 0 Å². The zero-order chi connectivity index (χ0) is 9.42. The molecule has 0 radical (unpaired) electrons. The van der Waals surface area contributed by atoms with Gasteiger partial charge in [0.15, 0.2) is 0 Å². The summed E-state index contributed by atoms with van der Waals surface area (Å²) in [6.45, 7) is 1.98. The van der Waals surface area contributed by atoms with Crippen LogP contribution in [0.25, 0.3) is 10.1 Å². The molecule has 0 saturated carbocycles. The van der Waals surface area contributed by atoms with E-state index in [1.807, 2.05) is 25.1 Å². The highest BCUT2D eigenvalue weighted by Gasteiger charge is 2.10. The lowest BCUT2D eigenvalue weighted by atomic mass is 10.2. The predicted octanol–water partition coefficient (Wildman–Crippen LogP) is 3.12. The number of nitro groups is 1. The molecule has 1 heterocycles. The quantitative estimate of drug-likeness (QED) is 0.516. The topological polar surface area (TPSA) is 43.1 Å². The smallest absolute Gasteiger partial charge is 0.258 e. The summed E-state index contributed by atoms with van der Waals surface area (Å²) in [5.74, 6) is 0. The molecule has 0 fully saturated rings. The van der Waals surface area contributed by atoms with E-state index in [9.17, 15) is 10.1 Å². The van der Waals surface area contributed by atoms with E-state index in [0.29, 0.717) is 0 Å². The Morgan fingerprint density at radius 2 is 2.15 bits per heavy atom. The lowest BCUT2D eigenvalue weighted by Gasteiger charge is -1.89. The molecule has 0 aliphatic rings. The van der Waals surface area contributed by atoms with Gasteiger partial charge in [-0.25, -0.2) is 0 Å². The molecule has 1 aromatic heterocycles. The maximum absolute atomic E-state index is 10.5. The summed E-state index contributed by atoms with van der Waals surface area (Å²) in [5, 5.41) is 11.6. The Bertz CT molecular complexity index is 475. The number of fused-ring (bicyclic) bond motifs is 1. The summed E-state index contributed by atoms with van der Waals surface area (Å²) in [4.78, 5) is 10.1. The molecule has 1 aromatic carbocycles. The fraction of sp³-hybridized carbons (Fsp3) is 0.111. The largest absolute Gasteiger partial charge is 0.325 e. The van der Waals surface area contributed by atoms with Crippen LogP contribution < -0.4 is 0 Å². The second-order valence-electron chi connectivity index (χ2n) is 2.88. The first-order valence-corrected chi connectivity index (χ1v) is 4.63. The molecule has 0 unspecified atom stereocenters. The molecule has 0 bridgehead atoms. The first kappa shape index (κ1) is 8.19. The zero-order valence-electron chi connectivity index (χ0n) is 6.98. The van der Waals surface area contributed by atoms with E-state index in [4.69, 9.17) is 0 Å². The number of hydrogen-bond donors (Lipinski definition) is 0. The number of rotatable bonds is 1. The average Bonchev–Trinajstić information content (AvgIpc) is 2.46. The van der Waals surface area contributed by atoms with Crippen LogP contribution in [0.1, 0.15) is 5.56 Å². The fourth-order valence-corrected chi connectivity index (χ4v) is 2.19. The van der Waals surface area contributed by atoms with Gasteiger partial charge in [0.1, 0.15) is 0 Å². The SMILES string of the molecule is Cc1ccc2cc([N+](=O)[O-])sc2c1. The molecular formula is C9H7NO2S. The van der Waals surface area contributed by atoms with Crippen LogP contribution in [-0.2, 0) is 0 Å². The third-order valence-corrected chi connectivity index (χ3v) is 2.89. The standard InChI is InChI=1S/C9H7NO2S/c1-6-2-3-7-5-9(10(11)12)13-8(7)4-6/h2-5H,1H3. The van der Waals surface area contributed by atoms with Crippen molar-refractivity contribution in [1.82, 2.24) is 0 Å². The van der Waals surface area contributed by atoms with E-state index >= 15 is 0 Å². The summed E-state index contributed by atoms with van der Waals surface area (Å²) in [6, 6.07) is 7.44. The molecule has 2 rings (SSSR count). The number of benzene rings is 1. The van der Waals surface area contributed by atoms with Gasteiger partial charge in [-0.3, -0.25) is 10.1 Å². The van der Waals surface area contributed by atoms with Crippen LogP contribution >= 0.6 is 11.3 Å². The number of hydrogen-bond acceptors (Lipinski definition) is 3. The van der Waals surface area contributed by atoms with Crippen LogP contribution in [0.3, 0.4) is 0 Å². The van der Waals surface area contributed by atoms with Gasteiger partial charge >= 0.3 is 5.00 Å². The van der Waals surface area contributed by atoms with Gasteiger partial charge in [0, 0.05) is 10.8 Å². The van der Waals surface area contributed by atoms with Crippen LogP contribution in [0.2, 0.25) is 0 Å². The lowest BCUT2D eigenvalue weighted by molar-refractivity contribution is -0.380. The van der Waals surface area contributed by atoms with Gasteiger partial charge in [-0.2, -0.15) is 0 Å². The normalized spacial score (nSPS) is 10.5. The van der Waals surface area contributed by atoms with Crippen molar-refractivity contribution < 1.29 is 4.92 Å². The van der Waals surface area contributed by atoms with E-state index in [2.05, 4.69) is 0 Å². The summed E-state index contributed by atoms with van der Waals surface area (Å²) in [6.07, 6.45) is 0. The Hall–Kier alpha value is -1.42. The van der Waals surface area contributed by atoms with Crippen LogP contribution in [0.15, 0.2) is 24.3 Å². The third-order valence-electron chi connectivity index (χ3n) is 1.84. The van der Waals surface area contributed by atoms with Gasteiger partial charge in [0.2, 0.25) is 0 Å². The maximum atomic E-state index is 10.5. The van der Waals surface area contributed by atoms with Gasteiger partial charge in [0.25, 0.3) is 0 Å². The Morgan fingerprint density at radius 3 is 2.85 bits per heavy atom. The van der Waals surface area contributed by atoms with Crippen molar-refractivity contribution in [3.8, 4) is 0 Å². The molecule has 0 N–H and O–H groups in total. The van der Waals surface area contributed by atoms with Crippen molar-refractivity contribution in [3.05, 3.63) is 39.9 Å². The molecule has 0 aliphatic heterocycles. The minimum Gasteiger partial charge on any atom is -0.258 e. The lowest BCUT2D eigenvalue weighted by Crippen LogP contribution is -1.80. The monoisotopic (exact) mass is 193 g/mol. The summed E-state index contributed by atoms with van der Waals surface area (Å²) in [5.41, 5.74) is 1.13. The van der Waals surface area contributed by atoms with Crippen LogP contribution in [-0.4, -0.2) is 4.92 Å². The zero-order valence-corrected chi connectivity index (χ0v) is 7.80. The van der Waals surface area contributed by atoms with E-state index in [1.165, 1.54) is 11.3 Å². The van der Waals surface area contributed by atoms with Crippen molar-refractivity contribution in [1.29, 1.82) is 0 Å². The molecule has 0 amide bonds. The highest BCUT2D eigenvalue weighted by molar-refractivity contribution is 7.22. The minimum atomic E-state index is -0.347. The van der Waals surface area contributed by atoms with Crippen molar-refractivity contribution in [2.24, 2.45) is 0 Å². The molecule has 3 nitrogen and oxygen atoms in total. The number of aryl methyl sites for hydroxylation is 1. The van der Waals surface area contributed by atoms with Crippen LogP contribution in [0, 0.1) is 17.0 Å². The first-order valence-electron chi connectivity index (χ1n) is 3.81. The molecule has 0 atom stereocenters. The summed E-state index contributed by atoms with van der Waals surface area (Å²) < 4.78 is 0.978. The Labute approximate surface area is 78.8 Å². The van der Waals surface area contributed by atoms with Crippen molar-refractivity contribution >= 4 is 26.4 Å². The van der Waals surface area contributed by atoms with E-state index in [0.717, 1.165) is 15.6 Å². The summed E-state index contributed by atoms with van der Waals surface area (Å²) >= 11 is 1.22.